The highest BCUT2D eigenvalue weighted by Gasteiger charge is 2.44. The molecule has 3 heteroatoms. The first-order valence-electron chi connectivity index (χ1n) is 8.13. The van der Waals surface area contributed by atoms with Gasteiger partial charge in [-0.05, 0) is 41.9 Å². The van der Waals surface area contributed by atoms with Crippen LogP contribution in [0.15, 0.2) is 47.7 Å². The van der Waals surface area contributed by atoms with E-state index in [9.17, 15) is 5.11 Å². The number of allylic oxidation sites excluding steroid dienone is 1. The number of aliphatic hydroxyl groups excluding tert-OH is 1. The maximum Gasteiger partial charge on any atom is 0.0549 e. The molecule has 1 fully saturated rings. The van der Waals surface area contributed by atoms with Gasteiger partial charge in [0, 0.05) is 37.9 Å². The average molecular weight is 284 g/mol. The van der Waals surface area contributed by atoms with Crippen LogP contribution in [0.5, 0.6) is 0 Å². The first-order valence-corrected chi connectivity index (χ1v) is 8.13. The molecule has 2 aliphatic carbocycles. The van der Waals surface area contributed by atoms with Crippen LogP contribution in [0.1, 0.15) is 19.3 Å². The number of nitrogens with zero attached hydrogens (tertiary/aromatic N) is 1. The zero-order valence-corrected chi connectivity index (χ0v) is 12.5. The molecule has 0 radical (unpaired) electrons. The molecule has 2 unspecified atom stereocenters. The molecule has 3 nitrogen and oxygen atoms in total. The molecule has 4 aliphatic rings. The number of hydrogen-bond acceptors (Lipinski definition) is 3. The largest absolute Gasteiger partial charge is 0.396 e. The van der Waals surface area contributed by atoms with E-state index < -0.39 is 0 Å². The number of aliphatic hydroxyl groups is 1. The van der Waals surface area contributed by atoms with Gasteiger partial charge in [-0.1, -0.05) is 18.2 Å². The minimum atomic E-state index is 0.299. The lowest BCUT2D eigenvalue weighted by Crippen LogP contribution is -2.52. The van der Waals surface area contributed by atoms with Gasteiger partial charge in [0.25, 0.3) is 0 Å². The highest BCUT2D eigenvalue weighted by molar-refractivity contribution is 5.54. The molecule has 0 spiro atoms. The van der Waals surface area contributed by atoms with E-state index in [1.54, 1.807) is 5.57 Å². The van der Waals surface area contributed by atoms with E-state index in [1.165, 1.54) is 11.1 Å². The van der Waals surface area contributed by atoms with Crippen molar-refractivity contribution in [2.45, 2.75) is 31.3 Å². The lowest BCUT2D eigenvalue weighted by Gasteiger charge is -2.48. The highest BCUT2D eigenvalue weighted by atomic mass is 16.3. The monoisotopic (exact) mass is 284 g/mol. The van der Waals surface area contributed by atoms with Crippen molar-refractivity contribution in [3.8, 4) is 0 Å². The molecule has 2 heterocycles. The highest BCUT2D eigenvalue weighted by Crippen LogP contribution is 2.47. The summed E-state index contributed by atoms with van der Waals surface area (Å²) in [5.41, 5.74) is 4.61. The van der Waals surface area contributed by atoms with E-state index in [2.05, 4.69) is 35.1 Å². The summed E-state index contributed by atoms with van der Waals surface area (Å²) in [5.74, 6) is 0.968. The molecule has 0 amide bonds. The lowest BCUT2D eigenvalue weighted by atomic mass is 9.68. The molecule has 21 heavy (non-hydrogen) atoms. The Kier molecular flexibility index (Phi) is 3.27. The van der Waals surface area contributed by atoms with Crippen LogP contribution in [0.25, 0.3) is 0 Å². The predicted molar refractivity (Wildman–Crippen MR) is 84.6 cm³/mol. The second kappa shape index (κ2) is 5.15. The SMILES string of the molecule is C=CCN1C[C@H](CO)CC2C3=C4C(=CNC4CC=C3)C[C@H]21. The van der Waals surface area contributed by atoms with Crippen molar-refractivity contribution >= 4 is 0 Å². The van der Waals surface area contributed by atoms with Crippen LogP contribution in [0.2, 0.25) is 0 Å². The fourth-order valence-corrected chi connectivity index (χ4v) is 4.72. The Hall–Kier alpha value is -1.32. The van der Waals surface area contributed by atoms with Crippen molar-refractivity contribution in [3.05, 3.63) is 47.7 Å². The molecule has 112 valence electrons. The number of fused-ring (bicyclic) bond motifs is 2. The van der Waals surface area contributed by atoms with Gasteiger partial charge in [0.15, 0.2) is 0 Å². The predicted octanol–water partition coefficient (Wildman–Crippen LogP) is 1.99. The molecule has 0 aromatic heterocycles. The third-order valence-electron chi connectivity index (χ3n) is 5.60. The number of nitrogens with one attached hydrogen (secondary N) is 1. The molecule has 0 aromatic rings. The van der Waals surface area contributed by atoms with Gasteiger partial charge in [0.1, 0.15) is 0 Å². The summed E-state index contributed by atoms with van der Waals surface area (Å²) in [4.78, 5) is 2.53. The summed E-state index contributed by atoms with van der Waals surface area (Å²) in [6.45, 7) is 6.14. The number of piperidine rings is 1. The Labute approximate surface area is 126 Å². The maximum atomic E-state index is 9.67. The molecule has 2 aliphatic heterocycles. The van der Waals surface area contributed by atoms with Crippen LogP contribution in [-0.2, 0) is 0 Å². The number of hydrogen-bond donors (Lipinski definition) is 2. The Morgan fingerprint density at radius 2 is 2.38 bits per heavy atom. The zero-order valence-electron chi connectivity index (χ0n) is 12.5. The fourth-order valence-electron chi connectivity index (χ4n) is 4.72. The topological polar surface area (TPSA) is 35.5 Å². The summed E-state index contributed by atoms with van der Waals surface area (Å²) in [6, 6.07) is 1.07. The normalized spacial score (nSPS) is 37.7. The second-order valence-electron chi connectivity index (χ2n) is 6.80. The van der Waals surface area contributed by atoms with E-state index in [0.717, 1.165) is 32.4 Å². The van der Waals surface area contributed by atoms with Crippen molar-refractivity contribution in [1.29, 1.82) is 0 Å². The van der Waals surface area contributed by atoms with Gasteiger partial charge in [-0.15, -0.1) is 6.58 Å². The minimum Gasteiger partial charge on any atom is -0.396 e. The van der Waals surface area contributed by atoms with Gasteiger partial charge in [0.2, 0.25) is 0 Å². The Morgan fingerprint density at radius 1 is 1.48 bits per heavy atom. The standard InChI is InChI=1S/C18H24N2O/c1-2-6-20-10-12(11-21)7-15-14-4-3-5-16-18(14)13(9-19-16)8-17(15)20/h2-4,9,12,15-17,19,21H,1,5-8,10-11H2/t12-,15?,16?,17-/m1/s1. The number of likely N-dealkylation sites (tertiary alicyclic amines) is 1. The zero-order chi connectivity index (χ0) is 14.4. The fraction of sp³-hybridized carbons (Fsp3) is 0.556. The van der Waals surface area contributed by atoms with Crippen LogP contribution in [0, 0.1) is 11.8 Å². The van der Waals surface area contributed by atoms with Gasteiger partial charge in [-0.25, -0.2) is 0 Å². The molecular weight excluding hydrogens is 260 g/mol. The molecule has 0 bridgehead atoms. The smallest absolute Gasteiger partial charge is 0.0549 e. The Morgan fingerprint density at radius 3 is 3.19 bits per heavy atom. The quantitative estimate of drug-likeness (QED) is 0.778. The third-order valence-corrected chi connectivity index (χ3v) is 5.60. The number of rotatable bonds is 3. The minimum absolute atomic E-state index is 0.299. The summed E-state index contributed by atoms with van der Waals surface area (Å²) in [6.07, 6.45) is 12.3. The second-order valence-corrected chi connectivity index (χ2v) is 6.80. The summed E-state index contributed by atoms with van der Waals surface area (Å²) in [5, 5.41) is 13.2. The first-order chi connectivity index (χ1) is 10.3. The third kappa shape index (κ3) is 2.02. The molecule has 0 saturated carbocycles. The van der Waals surface area contributed by atoms with Crippen LogP contribution >= 0.6 is 0 Å². The van der Waals surface area contributed by atoms with Crippen molar-refractivity contribution in [2.24, 2.45) is 11.8 Å². The van der Waals surface area contributed by atoms with E-state index >= 15 is 0 Å². The van der Waals surface area contributed by atoms with Gasteiger partial charge in [0.05, 0.1) is 6.04 Å². The van der Waals surface area contributed by atoms with Crippen LogP contribution in [0.4, 0.5) is 0 Å². The van der Waals surface area contributed by atoms with Crippen molar-refractivity contribution < 1.29 is 5.11 Å². The summed E-state index contributed by atoms with van der Waals surface area (Å²) >= 11 is 0. The molecular formula is C18H24N2O. The molecule has 1 saturated heterocycles. The first kappa shape index (κ1) is 13.4. The van der Waals surface area contributed by atoms with Gasteiger partial charge in [-0.3, -0.25) is 4.90 Å². The summed E-state index contributed by atoms with van der Waals surface area (Å²) in [7, 11) is 0. The molecule has 4 rings (SSSR count). The Balaban J connectivity index is 1.73. The van der Waals surface area contributed by atoms with Crippen molar-refractivity contribution in [3.63, 3.8) is 0 Å². The van der Waals surface area contributed by atoms with Crippen LogP contribution < -0.4 is 5.32 Å². The van der Waals surface area contributed by atoms with Crippen LogP contribution in [-0.4, -0.2) is 41.8 Å². The van der Waals surface area contributed by atoms with Gasteiger partial charge >= 0.3 is 0 Å². The van der Waals surface area contributed by atoms with E-state index in [0.29, 0.717) is 30.5 Å². The van der Waals surface area contributed by atoms with Crippen LogP contribution in [0.3, 0.4) is 0 Å². The van der Waals surface area contributed by atoms with E-state index in [4.69, 9.17) is 0 Å². The lowest BCUT2D eigenvalue weighted by molar-refractivity contribution is 0.0511. The van der Waals surface area contributed by atoms with E-state index in [1.807, 2.05) is 6.08 Å². The molecule has 2 N–H and O–H groups in total. The molecule has 0 aromatic carbocycles. The molecule has 4 atom stereocenters. The summed E-state index contributed by atoms with van der Waals surface area (Å²) < 4.78 is 0. The Bertz CT molecular complexity index is 545. The average Bonchev–Trinajstić information content (AvgIpc) is 2.93. The maximum absolute atomic E-state index is 9.67. The van der Waals surface area contributed by atoms with Gasteiger partial charge in [-0.2, -0.15) is 0 Å². The van der Waals surface area contributed by atoms with Crippen molar-refractivity contribution in [2.75, 3.05) is 19.7 Å². The van der Waals surface area contributed by atoms with E-state index in [-0.39, 0.29) is 0 Å². The van der Waals surface area contributed by atoms with Gasteiger partial charge < -0.3 is 10.4 Å². The van der Waals surface area contributed by atoms with Crippen molar-refractivity contribution in [1.82, 2.24) is 10.2 Å².